The number of fused-ring (bicyclic) bond motifs is 2. The molecular formula is C49H69N7O13. The van der Waals surface area contributed by atoms with E-state index in [4.69, 9.17) is 4.74 Å². The average molecular weight is 964 g/mol. The number of unbranched alkanes of at least 4 members (excludes halogenated alkanes) is 2. The van der Waals surface area contributed by atoms with Crippen LogP contribution in [0.3, 0.4) is 0 Å². The Morgan fingerprint density at radius 1 is 0.812 bits per heavy atom. The summed E-state index contributed by atoms with van der Waals surface area (Å²) < 4.78 is 5.85. The molecule has 0 aliphatic carbocycles. The number of rotatable bonds is 16. The van der Waals surface area contributed by atoms with E-state index in [1.54, 1.807) is 44.2 Å². The van der Waals surface area contributed by atoms with Crippen LogP contribution in [0.2, 0.25) is 0 Å². The first-order valence-corrected chi connectivity index (χ1v) is 23.6. The molecule has 8 N–H and O–H groups in total. The summed E-state index contributed by atoms with van der Waals surface area (Å²) in [4.78, 5) is 128. The summed E-state index contributed by atoms with van der Waals surface area (Å²) in [5.41, 5.74) is 1.08. The van der Waals surface area contributed by atoms with Crippen molar-refractivity contribution in [3.05, 3.63) is 65.7 Å². The molecule has 69 heavy (non-hydrogen) atoms. The number of nitrogens with one attached hydrogen (secondary N) is 5. The lowest BCUT2D eigenvalue weighted by Gasteiger charge is -2.43. The molecule has 2 heterocycles. The number of nitrogens with zero attached hydrogens (tertiary/aromatic N) is 2. The van der Waals surface area contributed by atoms with E-state index in [-0.39, 0.29) is 50.2 Å². The van der Waals surface area contributed by atoms with Gasteiger partial charge < -0.3 is 56.4 Å². The van der Waals surface area contributed by atoms with E-state index in [2.05, 4.69) is 26.6 Å². The maximum atomic E-state index is 14.8. The third kappa shape index (κ3) is 15.7. The number of carboxylic acid groups (broad SMARTS) is 1. The number of amides is 7. The number of aliphatic hydroxyl groups excluding tert-OH is 1. The number of ether oxygens (including phenoxy) is 1. The predicted molar refractivity (Wildman–Crippen MR) is 250 cm³/mol. The van der Waals surface area contributed by atoms with Crippen LogP contribution in [0, 0.1) is 11.8 Å². The zero-order valence-electron chi connectivity index (χ0n) is 40.4. The minimum atomic E-state index is -1.87. The normalized spacial score (nSPS) is 24.8. The highest BCUT2D eigenvalue weighted by Gasteiger charge is 2.46. The maximum Gasteiger partial charge on any atom is 0.329 e. The van der Waals surface area contributed by atoms with Crippen molar-refractivity contribution in [2.24, 2.45) is 11.8 Å². The third-order valence-electron chi connectivity index (χ3n) is 12.2. The fraction of sp³-hybridized carbons (Fsp3) is 0.571. The SMILES string of the molecule is CCCCCC(=O)N[C@@H](CC(=O)O)C(=O)N[C@@H]1C(=O)N[C@@H](Cc2ccc(O)cc2)C(=O)N[C@H]2CC[C@@H](O)N(C2=O)[C@@H](CC(C)C)C(=O)N(C)[C@@H](Cc2ccccc2)C(=O)NC(C(C)C)C(=O)O[C@@H]1C. The number of piperidine rings is 1. The first-order chi connectivity index (χ1) is 32.6. The van der Waals surface area contributed by atoms with E-state index >= 15 is 0 Å². The van der Waals surface area contributed by atoms with Gasteiger partial charge in [0.1, 0.15) is 60.4 Å². The largest absolute Gasteiger partial charge is 0.508 e. The Morgan fingerprint density at radius 3 is 2.07 bits per heavy atom. The number of esters is 1. The van der Waals surface area contributed by atoms with E-state index < -0.39 is 120 Å². The van der Waals surface area contributed by atoms with Gasteiger partial charge in [0.15, 0.2) is 0 Å². The van der Waals surface area contributed by atoms with Crippen LogP contribution in [0.25, 0.3) is 0 Å². The molecule has 20 nitrogen and oxygen atoms in total. The number of phenols is 1. The average Bonchev–Trinajstić information content (AvgIpc) is 3.28. The minimum absolute atomic E-state index is 0.0136. The second kappa shape index (κ2) is 25.7. The highest BCUT2D eigenvalue weighted by Crippen LogP contribution is 2.26. The maximum absolute atomic E-state index is 14.8. The van der Waals surface area contributed by atoms with Gasteiger partial charge in [-0.05, 0) is 67.7 Å². The zero-order chi connectivity index (χ0) is 51.1. The number of aromatic hydroxyl groups is 1. The molecule has 2 aromatic carbocycles. The van der Waals surface area contributed by atoms with E-state index in [0.717, 1.165) is 11.3 Å². The number of benzene rings is 2. The molecule has 2 aliphatic heterocycles. The predicted octanol–water partition coefficient (Wildman–Crippen LogP) is 1.44. The molecular weight excluding hydrogens is 895 g/mol. The fourth-order valence-corrected chi connectivity index (χ4v) is 8.33. The van der Waals surface area contributed by atoms with E-state index in [1.165, 1.54) is 43.1 Å². The Labute approximate surface area is 402 Å². The number of carbonyl (C=O) groups excluding carboxylic acids is 8. The summed E-state index contributed by atoms with van der Waals surface area (Å²) in [5, 5.41) is 44.0. The van der Waals surface area contributed by atoms with Crippen molar-refractivity contribution >= 4 is 53.3 Å². The van der Waals surface area contributed by atoms with Gasteiger partial charge >= 0.3 is 11.9 Å². The lowest BCUT2D eigenvalue weighted by atomic mass is 9.94. The van der Waals surface area contributed by atoms with Crippen molar-refractivity contribution in [1.29, 1.82) is 0 Å². The highest BCUT2D eigenvalue weighted by molar-refractivity contribution is 5.99. The molecule has 0 aromatic heterocycles. The standard InChI is InChI=1S/C49H69N7O13/c1-8-9-11-16-38(58)50-35(26-40(60)61)44(63)54-42-29(6)69-49(68)41(28(4)5)53-45(64)36(25-30-14-12-10-13-15-30)55(7)48(67)37(23-27(2)3)56-39(59)22-21-33(47(56)66)51-43(62)34(52-46(42)65)24-31-17-19-32(57)20-18-31/h10,12-15,17-20,27-29,33-37,39,41-42,57,59H,8-9,11,16,21-26H2,1-7H3,(H,50,58)(H,51,62)(H,52,65)(H,53,64)(H,54,63)(H,60,61)/t29-,33+,34+,35+,36+,37+,39-,41?,42+/m1/s1. The highest BCUT2D eigenvalue weighted by atomic mass is 16.5. The molecule has 0 radical (unpaired) electrons. The van der Waals surface area contributed by atoms with Crippen molar-refractivity contribution in [2.75, 3.05) is 7.05 Å². The van der Waals surface area contributed by atoms with Gasteiger partial charge in [0.25, 0.3) is 0 Å². The number of phenolic OH excluding ortho intramolecular Hbond substituents is 1. The van der Waals surface area contributed by atoms with Crippen molar-refractivity contribution < 1.29 is 63.2 Å². The number of hydrogen-bond donors (Lipinski definition) is 8. The summed E-state index contributed by atoms with van der Waals surface area (Å²) in [6.45, 7) is 10.1. The van der Waals surface area contributed by atoms with Gasteiger partial charge in [0.2, 0.25) is 41.4 Å². The second-order valence-corrected chi connectivity index (χ2v) is 18.6. The van der Waals surface area contributed by atoms with Crippen molar-refractivity contribution in [2.45, 2.75) is 160 Å². The van der Waals surface area contributed by atoms with Crippen molar-refractivity contribution in [3.8, 4) is 5.75 Å². The molecule has 2 bridgehead atoms. The molecule has 378 valence electrons. The number of carbonyl (C=O) groups is 9. The van der Waals surface area contributed by atoms with Gasteiger partial charge in [-0.25, -0.2) is 4.79 Å². The Kier molecular flexibility index (Phi) is 20.5. The molecule has 1 unspecified atom stereocenters. The van der Waals surface area contributed by atoms with E-state index in [1.807, 2.05) is 20.8 Å². The quantitative estimate of drug-likeness (QED) is 0.0875. The Hall–Kier alpha value is -6.57. The first-order valence-electron chi connectivity index (χ1n) is 23.6. The minimum Gasteiger partial charge on any atom is -0.508 e. The van der Waals surface area contributed by atoms with Crippen LogP contribution in [-0.4, -0.2) is 140 Å². The number of hydrogen-bond acceptors (Lipinski definition) is 12. The lowest BCUT2D eigenvalue weighted by Crippen LogP contribution is -2.65. The molecule has 0 saturated carbocycles. The first kappa shape index (κ1) is 55.0. The van der Waals surface area contributed by atoms with Gasteiger partial charge in [-0.15, -0.1) is 0 Å². The topological polar surface area (TPSA) is 290 Å². The lowest BCUT2D eigenvalue weighted by molar-refractivity contribution is -0.166. The van der Waals surface area contributed by atoms with Crippen LogP contribution in [0.1, 0.15) is 104 Å². The molecule has 2 aromatic rings. The van der Waals surface area contributed by atoms with Gasteiger partial charge in [-0.1, -0.05) is 89.9 Å². The fourth-order valence-electron chi connectivity index (χ4n) is 8.33. The second-order valence-electron chi connectivity index (χ2n) is 18.6. The molecule has 0 spiro atoms. The number of aliphatic carboxylic acids is 1. The number of aliphatic hydroxyl groups is 1. The summed E-state index contributed by atoms with van der Waals surface area (Å²) in [7, 11) is 1.39. The van der Waals surface area contributed by atoms with Crippen LogP contribution < -0.4 is 26.6 Å². The summed E-state index contributed by atoms with van der Waals surface area (Å²) in [5.74, 6) is -9.51. The molecule has 9 atom stereocenters. The molecule has 2 aliphatic rings. The van der Waals surface area contributed by atoms with Crippen molar-refractivity contribution in [1.82, 2.24) is 36.4 Å². The van der Waals surface area contributed by atoms with Gasteiger partial charge in [0, 0.05) is 26.3 Å². The number of likely N-dealkylation sites (N-methyl/N-ethyl adjacent to an activating group) is 1. The number of cyclic esters (lactones) is 1. The van der Waals surface area contributed by atoms with Crippen LogP contribution in [0.15, 0.2) is 54.6 Å². The van der Waals surface area contributed by atoms with E-state index in [0.29, 0.717) is 24.0 Å². The smallest absolute Gasteiger partial charge is 0.329 e. The van der Waals surface area contributed by atoms with Gasteiger partial charge in [-0.3, -0.25) is 38.4 Å². The monoisotopic (exact) mass is 963 g/mol. The van der Waals surface area contributed by atoms with Crippen LogP contribution in [0.5, 0.6) is 5.75 Å². The van der Waals surface area contributed by atoms with Crippen LogP contribution in [-0.2, 0) is 60.7 Å². The molecule has 4 rings (SSSR count). The Balaban J connectivity index is 1.87. The molecule has 20 heteroatoms. The molecule has 2 fully saturated rings. The van der Waals surface area contributed by atoms with Gasteiger partial charge in [0.05, 0.1) is 6.42 Å². The van der Waals surface area contributed by atoms with Gasteiger partial charge in [-0.2, -0.15) is 0 Å². The van der Waals surface area contributed by atoms with E-state index in [9.17, 15) is 58.5 Å². The van der Waals surface area contributed by atoms with Crippen molar-refractivity contribution in [3.63, 3.8) is 0 Å². The number of carboxylic acids is 1. The Bertz CT molecular complexity index is 2140. The summed E-state index contributed by atoms with van der Waals surface area (Å²) in [6, 6.07) is 3.99. The molecule has 2 saturated heterocycles. The Morgan fingerprint density at radius 2 is 1.46 bits per heavy atom. The van der Waals surface area contributed by atoms with Crippen LogP contribution in [0.4, 0.5) is 0 Å². The molecule has 7 amide bonds. The van der Waals surface area contributed by atoms with Crippen LogP contribution >= 0.6 is 0 Å². The zero-order valence-corrected chi connectivity index (χ0v) is 40.4. The summed E-state index contributed by atoms with van der Waals surface area (Å²) >= 11 is 0. The summed E-state index contributed by atoms with van der Waals surface area (Å²) in [6.07, 6.45) is -2.41. The third-order valence-corrected chi connectivity index (χ3v) is 12.2.